The van der Waals surface area contributed by atoms with Gasteiger partial charge in [-0.05, 0) is 39.0 Å². The fraction of sp³-hybridized carbons (Fsp3) is 0.667. The van der Waals surface area contributed by atoms with Gasteiger partial charge in [-0.1, -0.05) is 68.4 Å². The largest absolute Gasteiger partial charge is 0.269 e. The van der Waals surface area contributed by atoms with Crippen molar-refractivity contribution in [3.63, 3.8) is 0 Å². The Balaban J connectivity index is 3.91. The summed E-state index contributed by atoms with van der Waals surface area (Å²) in [5, 5.41) is 0.926. The Kier molecular flexibility index (Phi) is 4.57. The lowest BCUT2D eigenvalue weighted by molar-refractivity contribution is 0.499. The maximum absolute atomic E-state index is 11.6. The van der Waals surface area contributed by atoms with Crippen molar-refractivity contribution in [2.75, 3.05) is 0 Å². The van der Waals surface area contributed by atoms with Gasteiger partial charge in [-0.3, -0.25) is 4.57 Å². The van der Waals surface area contributed by atoms with Gasteiger partial charge in [0.15, 0.2) is 8.46 Å². The number of rotatable bonds is 1. The van der Waals surface area contributed by atoms with Crippen molar-refractivity contribution in [2.24, 2.45) is 0 Å². The molecular weight excluding hydrogens is 263 g/mol. The molecule has 20 heavy (non-hydrogen) atoms. The van der Waals surface area contributed by atoms with Crippen molar-refractivity contribution in [1.82, 2.24) is 0 Å². The van der Waals surface area contributed by atoms with Crippen molar-refractivity contribution in [1.29, 1.82) is 0 Å². The van der Waals surface area contributed by atoms with E-state index in [2.05, 4.69) is 68.4 Å². The highest BCUT2D eigenvalue weighted by Crippen LogP contribution is 2.40. The molecule has 112 valence electrons. The lowest BCUT2D eigenvalue weighted by atomic mass is 9.69. The molecule has 0 saturated heterocycles. The van der Waals surface area contributed by atoms with E-state index in [4.69, 9.17) is 0 Å². The molecule has 0 spiro atoms. The zero-order valence-corrected chi connectivity index (χ0v) is 15.4. The van der Waals surface area contributed by atoms with Crippen molar-refractivity contribution in [3.8, 4) is 0 Å². The molecule has 0 aliphatic carbocycles. The number of benzene rings is 1. The van der Waals surface area contributed by atoms with Crippen molar-refractivity contribution < 1.29 is 4.57 Å². The summed E-state index contributed by atoms with van der Waals surface area (Å²) in [6.45, 7) is 20.1. The van der Waals surface area contributed by atoms with E-state index in [-0.39, 0.29) is 24.7 Å². The zero-order valence-electron chi connectivity index (χ0n) is 14.5. The average Bonchev–Trinajstić information content (AvgIpc) is 2.23. The van der Waals surface area contributed by atoms with Crippen LogP contribution in [-0.4, -0.2) is 0 Å². The van der Waals surface area contributed by atoms with Crippen LogP contribution in [0.25, 0.3) is 0 Å². The van der Waals surface area contributed by atoms with Crippen LogP contribution in [0.3, 0.4) is 0 Å². The van der Waals surface area contributed by atoms with E-state index in [1.54, 1.807) is 0 Å². The molecule has 1 rings (SSSR count). The molecule has 0 heterocycles. The average molecular weight is 292 g/mol. The van der Waals surface area contributed by atoms with E-state index in [0.29, 0.717) is 0 Å². The quantitative estimate of drug-likeness (QED) is 0.625. The van der Waals surface area contributed by atoms with Gasteiger partial charge in [0.1, 0.15) is 0 Å². The number of hydrogen-bond donors (Lipinski definition) is 0. The van der Waals surface area contributed by atoms with Gasteiger partial charge in [0.2, 0.25) is 0 Å². The molecule has 1 aromatic carbocycles. The second-order valence-electron chi connectivity index (χ2n) is 8.72. The van der Waals surface area contributed by atoms with Crippen LogP contribution in [0.4, 0.5) is 0 Å². The summed E-state index contributed by atoms with van der Waals surface area (Å²) in [4.78, 5) is 0. The maximum atomic E-state index is 11.6. The van der Waals surface area contributed by atoms with Gasteiger partial charge in [-0.15, -0.1) is 0 Å². The fourth-order valence-corrected chi connectivity index (χ4v) is 3.50. The van der Waals surface area contributed by atoms with Crippen LogP contribution in [0.5, 0.6) is 0 Å². The number of hydrogen-bond acceptors (Lipinski definition) is 1. The van der Waals surface area contributed by atoms with Crippen LogP contribution in [0.2, 0.25) is 0 Å². The predicted molar refractivity (Wildman–Crippen MR) is 89.8 cm³/mol. The van der Waals surface area contributed by atoms with E-state index in [9.17, 15) is 4.57 Å². The van der Waals surface area contributed by atoms with Gasteiger partial charge in [0.25, 0.3) is 0 Å². The molecule has 0 radical (unpaired) electrons. The molecule has 0 aromatic heterocycles. The first-order chi connectivity index (χ1) is 8.80. The van der Waals surface area contributed by atoms with Gasteiger partial charge in [0.05, 0.1) is 0 Å². The summed E-state index contributed by atoms with van der Waals surface area (Å²) in [6, 6.07) is 4.20. The molecule has 0 saturated carbocycles. The molecular formula is C18H29OP. The van der Waals surface area contributed by atoms with Gasteiger partial charge in [-0.2, -0.15) is 0 Å². The molecule has 0 bridgehead atoms. The molecule has 0 unspecified atom stereocenters. The monoisotopic (exact) mass is 292 g/mol. The smallest absolute Gasteiger partial charge is 0.192 e. The molecule has 2 heteroatoms. The van der Waals surface area contributed by atoms with Gasteiger partial charge in [0, 0.05) is 5.30 Å². The van der Waals surface area contributed by atoms with E-state index < -0.39 is 0 Å². The molecule has 1 nitrogen and oxygen atoms in total. The Morgan fingerprint density at radius 2 is 1.15 bits per heavy atom. The van der Waals surface area contributed by atoms with Crippen molar-refractivity contribution >= 4 is 13.8 Å². The van der Waals surface area contributed by atoms with Crippen LogP contribution >= 0.6 is 8.46 Å². The lowest BCUT2D eigenvalue weighted by Gasteiger charge is -2.37. The minimum absolute atomic E-state index is 0.0172. The SMILES string of the molecule is CC(C)(C)c1ccc(P=O)c(C(C)(C)C)c1C(C)(C)C. The Hall–Kier alpha value is -0.680. The summed E-state index contributed by atoms with van der Waals surface area (Å²) in [5.41, 5.74) is 4.07. The summed E-state index contributed by atoms with van der Waals surface area (Å²) in [5.74, 6) is 0. The first kappa shape index (κ1) is 17.4. The van der Waals surface area contributed by atoms with E-state index >= 15 is 0 Å². The van der Waals surface area contributed by atoms with Crippen LogP contribution < -0.4 is 5.30 Å². The maximum Gasteiger partial charge on any atom is 0.192 e. The molecule has 0 N–H and O–H groups in total. The summed E-state index contributed by atoms with van der Waals surface area (Å²) < 4.78 is 11.6. The summed E-state index contributed by atoms with van der Waals surface area (Å²) in [7, 11) is 0.115. The van der Waals surface area contributed by atoms with Crippen LogP contribution in [0.15, 0.2) is 12.1 Å². The van der Waals surface area contributed by atoms with Crippen molar-refractivity contribution in [2.45, 2.75) is 78.6 Å². The van der Waals surface area contributed by atoms with Crippen LogP contribution in [0, 0.1) is 0 Å². The minimum atomic E-state index is -0.0172. The molecule has 0 amide bonds. The zero-order chi connectivity index (χ0) is 15.9. The highest BCUT2D eigenvalue weighted by Gasteiger charge is 2.33. The second-order valence-corrected chi connectivity index (χ2v) is 9.39. The summed E-state index contributed by atoms with van der Waals surface area (Å²) in [6.07, 6.45) is 0. The first-order valence-corrected chi connectivity index (χ1v) is 8.13. The third kappa shape index (κ3) is 3.50. The standard InChI is InChI=1S/C18H29OP/c1-16(2,3)12-10-11-13(20-19)15(18(7,8)9)14(12)17(4,5)6/h10-11H,1-9H3. The Morgan fingerprint density at radius 3 is 1.45 bits per heavy atom. The minimum Gasteiger partial charge on any atom is -0.269 e. The molecule has 0 aliphatic heterocycles. The second kappa shape index (κ2) is 5.26. The van der Waals surface area contributed by atoms with Gasteiger partial charge < -0.3 is 0 Å². The van der Waals surface area contributed by atoms with Gasteiger partial charge >= 0.3 is 0 Å². The van der Waals surface area contributed by atoms with Crippen molar-refractivity contribution in [3.05, 3.63) is 28.8 Å². The Bertz CT molecular complexity index is 508. The highest BCUT2D eigenvalue weighted by atomic mass is 31.1. The van der Waals surface area contributed by atoms with E-state index in [0.717, 1.165) is 5.30 Å². The Morgan fingerprint density at radius 1 is 0.700 bits per heavy atom. The van der Waals surface area contributed by atoms with Crippen LogP contribution in [-0.2, 0) is 20.8 Å². The fourth-order valence-electron chi connectivity index (χ4n) is 2.83. The topological polar surface area (TPSA) is 17.1 Å². The van der Waals surface area contributed by atoms with Gasteiger partial charge in [-0.25, -0.2) is 0 Å². The third-order valence-corrected chi connectivity index (χ3v) is 4.16. The normalized spacial score (nSPS) is 13.8. The van der Waals surface area contributed by atoms with E-state index in [1.807, 2.05) is 6.07 Å². The first-order valence-electron chi connectivity index (χ1n) is 7.32. The third-order valence-electron chi connectivity index (χ3n) is 3.59. The molecule has 0 fully saturated rings. The molecule has 0 atom stereocenters. The summed E-state index contributed by atoms with van der Waals surface area (Å²) >= 11 is 0. The lowest BCUT2D eigenvalue weighted by Crippen LogP contribution is -2.32. The molecule has 0 aliphatic rings. The predicted octanol–water partition coefficient (Wildman–Crippen LogP) is 5.50. The molecule has 1 aromatic rings. The van der Waals surface area contributed by atoms with Crippen LogP contribution in [0.1, 0.15) is 79.0 Å². The highest BCUT2D eigenvalue weighted by molar-refractivity contribution is 7.34. The van der Waals surface area contributed by atoms with E-state index in [1.165, 1.54) is 16.7 Å². The Labute approximate surface area is 126 Å².